The molecule has 2 aromatic heterocycles. The Hall–Kier alpha value is -1.24. The number of nitrogens with zero attached hydrogens (tertiary/aromatic N) is 1. The minimum atomic E-state index is -0.208. The molecule has 1 N–H and O–H groups in total. The summed E-state index contributed by atoms with van der Waals surface area (Å²) in [6.07, 6.45) is 2.12. The van der Waals surface area contributed by atoms with E-state index in [2.05, 4.69) is 10.3 Å². The van der Waals surface area contributed by atoms with Gasteiger partial charge in [0.2, 0.25) is 0 Å². The van der Waals surface area contributed by atoms with Crippen LogP contribution in [0.1, 0.15) is 22.3 Å². The number of rotatable bonds is 6. The lowest BCUT2D eigenvalue weighted by molar-refractivity contribution is -0.141. The van der Waals surface area contributed by atoms with E-state index in [0.717, 1.165) is 9.88 Å². The van der Waals surface area contributed by atoms with Crippen LogP contribution in [-0.2, 0) is 16.1 Å². The van der Waals surface area contributed by atoms with E-state index in [4.69, 9.17) is 4.74 Å². The zero-order chi connectivity index (χ0) is 12.8. The van der Waals surface area contributed by atoms with Crippen LogP contribution >= 0.6 is 22.7 Å². The van der Waals surface area contributed by atoms with Gasteiger partial charge in [-0.05, 0) is 11.4 Å². The van der Waals surface area contributed by atoms with Crippen molar-refractivity contribution in [1.29, 1.82) is 0 Å². The summed E-state index contributed by atoms with van der Waals surface area (Å²) in [6.45, 7) is 0.664. The van der Waals surface area contributed by atoms with E-state index in [-0.39, 0.29) is 12.0 Å². The van der Waals surface area contributed by atoms with Crippen molar-refractivity contribution in [3.8, 4) is 0 Å². The van der Waals surface area contributed by atoms with E-state index in [1.54, 1.807) is 28.9 Å². The number of nitrogens with one attached hydrogen (secondary N) is 1. The van der Waals surface area contributed by atoms with E-state index in [1.165, 1.54) is 7.11 Å². The molecule has 0 spiro atoms. The third-order valence-corrected chi connectivity index (χ3v) is 4.23. The number of thiophene rings is 1. The number of carbonyl (C=O) groups is 1. The Kier molecular flexibility index (Phi) is 4.86. The van der Waals surface area contributed by atoms with Gasteiger partial charge in [-0.3, -0.25) is 4.79 Å². The number of hydrogen-bond donors (Lipinski definition) is 1. The number of hydrogen-bond acceptors (Lipinski definition) is 6. The third kappa shape index (κ3) is 3.63. The zero-order valence-corrected chi connectivity index (χ0v) is 11.6. The Balaban J connectivity index is 1.98. The number of thiazole rings is 1. The summed E-state index contributed by atoms with van der Waals surface area (Å²) in [4.78, 5) is 16.8. The van der Waals surface area contributed by atoms with Gasteiger partial charge in [0.05, 0.1) is 19.6 Å². The van der Waals surface area contributed by atoms with Crippen LogP contribution in [0.4, 0.5) is 0 Å². The van der Waals surface area contributed by atoms with E-state index >= 15 is 0 Å². The highest BCUT2D eigenvalue weighted by Gasteiger charge is 2.17. The van der Waals surface area contributed by atoms with E-state index in [1.807, 2.05) is 22.9 Å². The molecule has 2 rings (SSSR count). The van der Waals surface area contributed by atoms with Gasteiger partial charge in [0.15, 0.2) is 0 Å². The molecule has 96 valence electrons. The average molecular weight is 282 g/mol. The molecule has 0 saturated carbocycles. The summed E-state index contributed by atoms with van der Waals surface area (Å²) >= 11 is 3.23. The van der Waals surface area contributed by atoms with Crippen molar-refractivity contribution in [1.82, 2.24) is 10.3 Å². The lowest BCUT2D eigenvalue weighted by Gasteiger charge is -2.15. The molecular weight excluding hydrogens is 268 g/mol. The van der Waals surface area contributed by atoms with Crippen LogP contribution in [0.2, 0.25) is 0 Å². The molecule has 18 heavy (non-hydrogen) atoms. The van der Waals surface area contributed by atoms with Crippen molar-refractivity contribution in [2.24, 2.45) is 0 Å². The normalized spacial score (nSPS) is 12.3. The fourth-order valence-corrected chi connectivity index (χ4v) is 2.93. The Morgan fingerprint density at radius 2 is 2.39 bits per heavy atom. The highest BCUT2D eigenvalue weighted by molar-refractivity contribution is 7.10. The van der Waals surface area contributed by atoms with Crippen LogP contribution in [0.5, 0.6) is 0 Å². The molecule has 0 aliphatic carbocycles. The highest BCUT2D eigenvalue weighted by atomic mass is 32.1. The Bertz CT molecular complexity index is 468. The molecule has 0 aromatic carbocycles. The summed E-state index contributed by atoms with van der Waals surface area (Å²) in [5, 5.41) is 8.31. The first-order chi connectivity index (χ1) is 8.79. The number of esters is 1. The zero-order valence-electron chi connectivity index (χ0n) is 9.96. The molecule has 1 unspecified atom stereocenters. The van der Waals surface area contributed by atoms with Gasteiger partial charge in [-0.2, -0.15) is 0 Å². The smallest absolute Gasteiger partial charge is 0.307 e. The van der Waals surface area contributed by atoms with Crippen molar-refractivity contribution in [2.45, 2.75) is 19.0 Å². The van der Waals surface area contributed by atoms with Gasteiger partial charge >= 0.3 is 5.97 Å². The van der Waals surface area contributed by atoms with Crippen LogP contribution in [0.3, 0.4) is 0 Å². The first-order valence-corrected chi connectivity index (χ1v) is 7.27. The largest absolute Gasteiger partial charge is 0.469 e. The summed E-state index contributed by atoms with van der Waals surface area (Å²) in [6, 6.07) is 3.99. The highest BCUT2D eigenvalue weighted by Crippen LogP contribution is 2.23. The van der Waals surface area contributed by atoms with Gasteiger partial charge in [-0.1, -0.05) is 6.07 Å². The van der Waals surface area contributed by atoms with Crippen LogP contribution in [0.25, 0.3) is 0 Å². The predicted molar refractivity (Wildman–Crippen MR) is 72.6 cm³/mol. The van der Waals surface area contributed by atoms with Crippen LogP contribution in [0.15, 0.2) is 29.1 Å². The maximum absolute atomic E-state index is 11.4. The first-order valence-electron chi connectivity index (χ1n) is 5.51. The molecule has 0 radical (unpaired) electrons. The molecule has 0 amide bonds. The lowest BCUT2D eigenvalue weighted by atomic mass is 10.1. The lowest BCUT2D eigenvalue weighted by Crippen LogP contribution is -2.23. The Morgan fingerprint density at radius 3 is 3.00 bits per heavy atom. The monoisotopic (exact) mass is 282 g/mol. The maximum atomic E-state index is 11.4. The first kappa shape index (κ1) is 13.2. The van der Waals surface area contributed by atoms with Gasteiger partial charge in [0.25, 0.3) is 0 Å². The third-order valence-electron chi connectivity index (χ3n) is 2.47. The van der Waals surface area contributed by atoms with Crippen LogP contribution < -0.4 is 5.32 Å². The average Bonchev–Trinajstić information content (AvgIpc) is 3.06. The molecule has 0 saturated heterocycles. The van der Waals surface area contributed by atoms with E-state index in [9.17, 15) is 4.79 Å². The van der Waals surface area contributed by atoms with Crippen molar-refractivity contribution >= 4 is 28.6 Å². The van der Waals surface area contributed by atoms with Gasteiger partial charge < -0.3 is 10.1 Å². The summed E-state index contributed by atoms with van der Waals surface area (Å²) in [5.41, 5.74) is 0. The van der Waals surface area contributed by atoms with Gasteiger partial charge in [-0.25, -0.2) is 4.98 Å². The number of carbonyl (C=O) groups excluding carboxylic acids is 1. The second kappa shape index (κ2) is 6.63. The van der Waals surface area contributed by atoms with Crippen LogP contribution in [0, 0.1) is 0 Å². The second-order valence-electron chi connectivity index (χ2n) is 3.66. The molecule has 2 heterocycles. The fraction of sp³-hybridized carbons (Fsp3) is 0.333. The summed E-state index contributed by atoms with van der Waals surface area (Å²) < 4.78 is 4.73. The van der Waals surface area contributed by atoms with Crippen molar-refractivity contribution in [2.75, 3.05) is 7.11 Å². The molecule has 0 aliphatic heterocycles. The Morgan fingerprint density at radius 1 is 1.50 bits per heavy atom. The van der Waals surface area contributed by atoms with Gasteiger partial charge in [-0.15, -0.1) is 22.7 Å². The fourth-order valence-electron chi connectivity index (χ4n) is 1.56. The topological polar surface area (TPSA) is 51.2 Å². The van der Waals surface area contributed by atoms with Crippen molar-refractivity contribution in [3.63, 3.8) is 0 Å². The second-order valence-corrected chi connectivity index (χ2v) is 5.61. The summed E-state index contributed by atoms with van der Waals surface area (Å²) in [5.74, 6) is -0.208. The van der Waals surface area contributed by atoms with Crippen molar-refractivity contribution in [3.05, 3.63) is 39.0 Å². The predicted octanol–water partition coefficient (Wildman–Crippen LogP) is 2.60. The van der Waals surface area contributed by atoms with Gasteiger partial charge in [0.1, 0.15) is 5.01 Å². The quantitative estimate of drug-likeness (QED) is 0.827. The standard InChI is InChI=1S/C12H14N2O2S2/c1-16-12(15)7-9(10-3-2-5-17-10)14-8-11-13-4-6-18-11/h2-6,9,14H,7-8H2,1H3. The molecule has 0 bridgehead atoms. The molecular formula is C12H14N2O2S2. The van der Waals surface area contributed by atoms with Crippen LogP contribution in [-0.4, -0.2) is 18.1 Å². The number of ether oxygens (including phenoxy) is 1. The SMILES string of the molecule is COC(=O)CC(NCc1nccs1)c1cccs1. The Labute approximate surface area is 114 Å². The molecule has 4 nitrogen and oxygen atoms in total. The molecule has 0 fully saturated rings. The maximum Gasteiger partial charge on any atom is 0.307 e. The molecule has 6 heteroatoms. The molecule has 0 aliphatic rings. The summed E-state index contributed by atoms with van der Waals surface area (Å²) in [7, 11) is 1.41. The minimum absolute atomic E-state index is 0.0126. The van der Waals surface area contributed by atoms with E-state index in [0.29, 0.717) is 13.0 Å². The minimum Gasteiger partial charge on any atom is -0.469 e. The number of methoxy groups -OCH3 is 1. The van der Waals surface area contributed by atoms with Crippen molar-refractivity contribution < 1.29 is 9.53 Å². The molecule has 2 aromatic rings. The number of aromatic nitrogens is 1. The van der Waals surface area contributed by atoms with Gasteiger partial charge in [0, 0.05) is 23.0 Å². The van der Waals surface area contributed by atoms with E-state index < -0.39 is 0 Å². The molecule has 1 atom stereocenters.